The lowest BCUT2D eigenvalue weighted by molar-refractivity contribution is -0.138. The van der Waals surface area contributed by atoms with Crippen LogP contribution in [0.1, 0.15) is 38.3 Å². The van der Waals surface area contributed by atoms with E-state index in [4.69, 9.17) is 30.9 Å². The maximum absolute atomic E-state index is 14.4. The van der Waals surface area contributed by atoms with Crippen molar-refractivity contribution in [2.45, 2.75) is 51.9 Å². The number of fused-ring (bicyclic) bond motifs is 1. The minimum Gasteiger partial charge on any atom is -0.490 e. The summed E-state index contributed by atoms with van der Waals surface area (Å²) in [6.07, 6.45) is -0.371. The lowest BCUT2D eigenvalue weighted by Gasteiger charge is -2.18. The largest absolute Gasteiger partial charge is 0.490 e. The Morgan fingerprint density at radius 1 is 1.28 bits per heavy atom. The third-order valence-corrected chi connectivity index (χ3v) is 4.56. The molecule has 1 aliphatic heterocycles. The predicted octanol–water partition coefficient (Wildman–Crippen LogP) is 5.15. The van der Waals surface area contributed by atoms with Gasteiger partial charge >= 0.3 is 5.97 Å². The van der Waals surface area contributed by atoms with Gasteiger partial charge in [-0.15, -0.1) is 0 Å². The molecule has 156 valence electrons. The topological polar surface area (TPSA) is 65.0 Å². The first-order valence-corrected chi connectivity index (χ1v) is 9.42. The van der Waals surface area contributed by atoms with Crippen LogP contribution >= 0.6 is 11.6 Å². The molecule has 1 atom stereocenters. The van der Waals surface area contributed by atoms with Crippen LogP contribution in [-0.4, -0.2) is 22.8 Å². The lowest BCUT2D eigenvalue weighted by Crippen LogP contribution is -2.25. The summed E-state index contributed by atoms with van der Waals surface area (Å²) in [5.74, 6) is -3.05. The Morgan fingerprint density at radius 3 is 2.55 bits per heavy atom. The van der Waals surface area contributed by atoms with Crippen LogP contribution in [0.4, 0.5) is 8.78 Å². The van der Waals surface area contributed by atoms with Crippen molar-refractivity contribution in [2.75, 3.05) is 0 Å². The summed E-state index contributed by atoms with van der Waals surface area (Å²) >= 11 is 6.15. The molecule has 3 rings (SSSR count). The second-order valence-electron chi connectivity index (χ2n) is 7.62. The van der Waals surface area contributed by atoms with Gasteiger partial charge in [0, 0.05) is 29.1 Å². The summed E-state index contributed by atoms with van der Waals surface area (Å²) in [7, 11) is 0. The van der Waals surface area contributed by atoms with Gasteiger partial charge in [-0.2, -0.15) is 0 Å². The van der Waals surface area contributed by atoms with Crippen LogP contribution in [-0.2, 0) is 17.8 Å². The van der Waals surface area contributed by atoms with Crippen molar-refractivity contribution in [3.05, 3.63) is 52.0 Å². The lowest BCUT2D eigenvalue weighted by atomic mass is 10.0. The molecule has 0 spiro atoms. The van der Waals surface area contributed by atoms with E-state index in [9.17, 15) is 13.6 Å². The Kier molecular flexibility index (Phi) is 5.89. The Morgan fingerprint density at radius 2 is 1.93 bits per heavy atom. The van der Waals surface area contributed by atoms with Crippen LogP contribution in [0.5, 0.6) is 17.2 Å². The summed E-state index contributed by atoms with van der Waals surface area (Å²) in [5.41, 5.74) is 1.11. The average Bonchev–Trinajstić information content (AvgIpc) is 2.86. The highest BCUT2D eigenvalue weighted by Gasteiger charge is 2.32. The molecule has 0 saturated heterocycles. The maximum Gasteiger partial charge on any atom is 0.307 e. The van der Waals surface area contributed by atoms with E-state index in [1.54, 1.807) is 12.1 Å². The van der Waals surface area contributed by atoms with Crippen LogP contribution in [0, 0.1) is 11.6 Å². The standard InChI is InChI=1S/C21H21ClF2O5/c1-11(4-18(25)26)28-15-7-16(23)20(17(24)8-15)27-10-13-6-14(22)5-12-9-21(2,3)29-19(12)13/h5-8,11H,4,9-10H2,1-3H3,(H,25,26). The number of carboxylic acids is 1. The molecular weight excluding hydrogens is 406 g/mol. The van der Waals surface area contributed by atoms with Gasteiger partial charge in [-0.3, -0.25) is 4.79 Å². The van der Waals surface area contributed by atoms with Crippen LogP contribution < -0.4 is 14.2 Å². The molecule has 2 aromatic rings. The molecule has 0 bridgehead atoms. The van der Waals surface area contributed by atoms with Crippen LogP contribution in [0.2, 0.25) is 5.02 Å². The number of ether oxygens (including phenoxy) is 3. The summed E-state index contributed by atoms with van der Waals surface area (Å²) < 4.78 is 45.3. The zero-order chi connectivity index (χ0) is 21.3. The second kappa shape index (κ2) is 8.06. The quantitative estimate of drug-likeness (QED) is 0.663. The van der Waals surface area contributed by atoms with E-state index in [0.29, 0.717) is 22.8 Å². The minimum atomic E-state index is -1.07. The van der Waals surface area contributed by atoms with E-state index in [1.807, 2.05) is 13.8 Å². The summed E-state index contributed by atoms with van der Waals surface area (Å²) in [4.78, 5) is 10.7. The molecule has 5 nitrogen and oxygen atoms in total. The SMILES string of the molecule is CC(CC(=O)O)Oc1cc(F)c(OCc2cc(Cl)cc3c2OC(C)(C)C3)c(F)c1. The Bertz CT molecular complexity index is 922. The fourth-order valence-corrected chi connectivity index (χ4v) is 3.53. The van der Waals surface area contributed by atoms with Gasteiger partial charge in [0.15, 0.2) is 17.4 Å². The summed E-state index contributed by atoms with van der Waals surface area (Å²) in [5, 5.41) is 9.23. The number of rotatable bonds is 7. The number of carbonyl (C=O) groups is 1. The number of aliphatic carboxylic acids is 1. The first kappa shape index (κ1) is 21.2. The molecular formula is C21H21ClF2O5. The van der Waals surface area contributed by atoms with E-state index in [-0.39, 0.29) is 18.8 Å². The monoisotopic (exact) mass is 426 g/mol. The van der Waals surface area contributed by atoms with Gasteiger partial charge in [0.1, 0.15) is 29.8 Å². The average molecular weight is 427 g/mol. The van der Waals surface area contributed by atoms with Gasteiger partial charge in [-0.1, -0.05) is 11.6 Å². The summed E-state index contributed by atoms with van der Waals surface area (Å²) in [6, 6.07) is 5.36. The molecule has 1 aliphatic rings. The number of hydrogen-bond donors (Lipinski definition) is 1. The van der Waals surface area contributed by atoms with E-state index >= 15 is 0 Å². The molecule has 0 aliphatic carbocycles. The van der Waals surface area contributed by atoms with E-state index in [2.05, 4.69) is 0 Å². The van der Waals surface area contributed by atoms with Crippen molar-refractivity contribution in [3.63, 3.8) is 0 Å². The number of carboxylic acid groups (broad SMARTS) is 1. The molecule has 0 radical (unpaired) electrons. The molecule has 1 N–H and O–H groups in total. The van der Waals surface area contributed by atoms with Crippen molar-refractivity contribution in [3.8, 4) is 17.2 Å². The van der Waals surface area contributed by atoms with E-state index < -0.39 is 35.1 Å². The number of halogens is 3. The molecule has 1 unspecified atom stereocenters. The zero-order valence-electron chi connectivity index (χ0n) is 16.2. The fourth-order valence-electron chi connectivity index (χ4n) is 3.26. The predicted molar refractivity (Wildman–Crippen MR) is 103 cm³/mol. The van der Waals surface area contributed by atoms with Gasteiger partial charge in [-0.25, -0.2) is 8.78 Å². The van der Waals surface area contributed by atoms with Crippen LogP contribution in [0.15, 0.2) is 24.3 Å². The van der Waals surface area contributed by atoms with Crippen molar-refractivity contribution in [2.24, 2.45) is 0 Å². The molecule has 1 heterocycles. The van der Waals surface area contributed by atoms with E-state index in [1.165, 1.54) is 6.92 Å². The van der Waals surface area contributed by atoms with Gasteiger partial charge in [-0.05, 0) is 38.5 Å². The first-order chi connectivity index (χ1) is 13.5. The highest BCUT2D eigenvalue weighted by atomic mass is 35.5. The van der Waals surface area contributed by atoms with Gasteiger partial charge in [0.05, 0.1) is 6.42 Å². The van der Waals surface area contributed by atoms with Crippen molar-refractivity contribution in [1.82, 2.24) is 0 Å². The molecule has 0 saturated carbocycles. The van der Waals surface area contributed by atoms with Crippen molar-refractivity contribution >= 4 is 17.6 Å². The molecule has 0 fully saturated rings. The third kappa shape index (κ3) is 5.09. The molecule has 29 heavy (non-hydrogen) atoms. The third-order valence-electron chi connectivity index (χ3n) is 4.35. The Hall–Kier alpha value is -2.54. The van der Waals surface area contributed by atoms with Crippen molar-refractivity contribution in [1.29, 1.82) is 0 Å². The molecule has 0 amide bonds. The number of hydrogen-bond acceptors (Lipinski definition) is 4. The first-order valence-electron chi connectivity index (χ1n) is 9.04. The molecule has 2 aromatic carbocycles. The van der Waals surface area contributed by atoms with E-state index in [0.717, 1.165) is 17.7 Å². The van der Waals surface area contributed by atoms with Crippen molar-refractivity contribution < 1.29 is 32.9 Å². The Balaban J connectivity index is 1.76. The smallest absolute Gasteiger partial charge is 0.307 e. The molecule has 8 heteroatoms. The van der Waals surface area contributed by atoms with Crippen LogP contribution in [0.25, 0.3) is 0 Å². The fraction of sp³-hybridized carbons (Fsp3) is 0.381. The maximum atomic E-state index is 14.4. The van der Waals surface area contributed by atoms with Gasteiger partial charge < -0.3 is 19.3 Å². The van der Waals surface area contributed by atoms with Crippen LogP contribution in [0.3, 0.4) is 0 Å². The molecule has 0 aromatic heterocycles. The highest BCUT2D eigenvalue weighted by Crippen LogP contribution is 2.40. The summed E-state index contributed by atoms with van der Waals surface area (Å²) in [6.45, 7) is 5.24. The normalized spacial score (nSPS) is 15.4. The number of benzene rings is 2. The highest BCUT2D eigenvalue weighted by molar-refractivity contribution is 6.30. The zero-order valence-corrected chi connectivity index (χ0v) is 17.0. The second-order valence-corrected chi connectivity index (χ2v) is 8.06. The van der Waals surface area contributed by atoms with Gasteiger partial charge in [0.2, 0.25) is 0 Å². The minimum absolute atomic E-state index is 0.116. The Labute approximate surface area is 172 Å². The van der Waals surface area contributed by atoms with Gasteiger partial charge in [0.25, 0.3) is 0 Å².